The lowest BCUT2D eigenvalue weighted by Crippen LogP contribution is -2.16. The largest absolute Gasteiger partial charge is 0.475 e. The average Bonchev–Trinajstić information content (AvgIpc) is 2.17. The van der Waals surface area contributed by atoms with E-state index in [0.717, 1.165) is 13.0 Å². The highest BCUT2D eigenvalue weighted by molar-refractivity contribution is 6.31. The first-order valence-electron chi connectivity index (χ1n) is 4.43. The van der Waals surface area contributed by atoms with E-state index in [1.54, 1.807) is 0 Å². The highest BCUT2D eigenvalue weighted by Gasteiger charge is 2.06. The predicted octanol–water partition coefficient (Wildman–Crippen LogP) is 1.51. The fraction of sp³-hybridized carbons (Fsp3) is 0.625. The molecule has 0 fully saturated rings. The van der Waals surface area contributed by atoms with E-state index in [9.17, 15) is 0 Å². The Morgan fingerprint density at radius 1 is 1.27 bits per heavy atom. The summed E-state index contributed by atoms with van der Waals surface area (Å²) in [6.07, 6.45) is 0.880. The van der Waals surface area contributed by atoms with Gasteiger partial charge in [0.2, 0.25) is 10.4 Å². The molecule has 0 amide bonds. The van der Waals surface area contributed by atoms with E-state index >= 15 is 0 Å². The van der Waals surface area contributed by atoms with Gasteiger partial charge in [0, 0.05) is 6.54 Å². The molecule has 5 nitrogen and oxygen atoms in total. The van der Waals surface area contributed by atoms with E-state index in [0.29, 0.717) is 6.61 Å². The van der Waals surface area contributed by atoms with E-state index in [1.165, 1.54) is 0 Å². The van der Waals surface area contributed by atoms with Gasteiger partial charge in [-0.05, 0) is 32.1 Å². The fourth-order valence-electron chi connectivity index (χ4n) is 0.922. The third-order valence-electron chi connectivity index (χ3n) is 1.58. The van der Waals surface area contributed by atoms with Crippen LogP contribution in [0.15, 0.2) is 0 Å². The van der Waals surface area contributed by atoms with Crippen LogP contribution < -0.4 is 4.74 Å². The SMILES string of the molecule is CN(C)CCCOc1nc(Cl)nnc1Cl. The fourth-order valence-corrected chi connectivity index (χ4v) is 1.17. The topological polar surface area (TPSA) is 51.1 Å². The van der Waals surface area contributed by atoms with Crippen molar-refractivity contribution in [3.8, 4) is 5.88 Å². The van der Waals surface area contributed by atoms with Crippen LogP contribution in [-0.4, -0.2) is 47.3 Å². The summed E-state index contributed by atoms with van der Waals surface area (Å²) in [6.45, 7) is 1.46. The average molecular weight is 251 g/mol. The van der Waals surface area contributed by atoms with Gasteiger partial charge in [-0.15, -0.1) is 10.2 Å². The summed E-state index contributed by atoms with van der Waals surface area (Å²) in [6, 6.07) is 0. The zero-order chi connectivity index (χ0) is 11.3. The van der Waals surface area contributed by atoms with Crippen LogP contribution in [-0.2, 0) is 0 Å². The number of halogens is 2. The van der Waals surface area contributed by atoms with Gasteiger partial charge in [-0.3, -0.25) is 0 Å². The minimum atomic E-state index is 0.0296. The first-order chi connectivity index (χ1) is 7.09. The van der Waals surface area contributed by atoms with Crippen molar-refractivity contribution < 1.29 is 4.74 Å². The minimum Gasteiger partial charge on any atom is -0.475 e. The monoisotopic (exact) mass is 250 g/mol. The number of aromatic nitrogens is 3. The Bertz CT molecular complexity index is 322. The molecule has 0 saturated carbocycles. The smallest absolute Gasteiger partial charge is 0.256 e. The first kappa shape index (κ1) is 12.4. The van der Waals surface area contributed by atoms with Crippen molar-refractivity contribution >= 4 is 23.2 Å². The van der Waals surface area contributed by atoms with Gasteiger partial charge in [0.1, 0.15) is 0 Å². The van der Waals surface area contributed by atoms with Gasteiger partial charge in [0.15, 0.2) is 0 Å². The number of rotatable bonds is 5. The van der Waals surface area contributed by atoms with Gasteiger partial charge in [-0.2, -0.15) is 4.98 Å². The molecule has 1 aromatic rings. The van der Waals surface area contributed by atoms with Crippen LogP contribution in [0.25, 0.3) is 0 Å². The van der Waals surface area contributed by atoms with Gasteiger partial charge < -0.3 is 9.64 Å². The zero-order valence-electron chi connectivity index (χ0n) is 8.57. The molecule has 0 N–H and O–H groups in total. The lowest BCUT2D eigenvalue weighted by atomic mass is 10.4. The molecule has 0 unspecified atom stereocenters. The van der Waals surface area contributed by atoms with E-state index in [1.807, 2.05) is 14.1 Å². The van der Waals surface area contributed by atoms with E-state index < -0.39 is 0 Å². The van der Waals surface area contributed by atoms with Crippen molar-refractivity contribution in [2.45, 2.75) is 6.42 Å². The van der Waals surface area contributed by atoms with Crippen LogP contribution in [0.4, 0.5) is 0 Å². The highest BCUT2D eigenvalue weighted by atomic mass is 35.5. The molecule has 7 heteroatoms. The summed E-state index contributed by atoms with van der Waals surface area (Å²) >= 11 is 11.3. The van der Waals surface area contributed by atoms with Crippen molar-refractivity contribution in [2.75, 3.05) is 27.2 Å². The summed E-state index contributed by atoms with van der Waals surface area (Å²) in [5.74, 6) is 0.232. The molecule has 1 heterocycles. The van der Waals surface area contributed by atoms with E-state index in [-0.39, 0.29) is 16.3 Å². The van der Waals surface area contributed by atoms with Crippen molar-refractivity contribution in [2.24, 2.45) is 0 Å². The Hall–Kier alpha value is -0.650. The Morgan fingerprint density at radius 3 is 2.67 bits per heavy atom. The van der Waals surface area contributed by atoms with Crippen LogP contribution >= 0.6 is 23.2 Å². The maximum atomic E-state index is 5.71. The molecular weight excluding hydrogens is 239 g/mol. The van der Waals surface area contributed by atoms with E-state index in [4.69, 9.17) is 27.9 Å². The third kappa shape index (κ3) is 4.59. The van der Waals surface area contributed by atoms with Crippen LogP contribution in [0.5, 0.6) is 5.88 Å². The molecule has 0 saturated heterocycles. The van der Waals surface area contributed by atoms with Crippen molar-refractivity contribution in [1.29, 1.82) is 0 Å². The van der Waals surface area contributed by atoms with Crippen molar-refractivity contribution in [3.05, 3.63) is 10.4 Å². The molecule has 0 bridgehead atoms. The number of ether oxygens (including phenoxy) is 1. The van der Waals surface area contributed by atoms with Crippen molar-refractivity contribution in [3.63, 3.8) is 0 Å². The summed E-state index contributed by atoms with van der Waals surface area (Å²) in [5, 5.41) is 7.22. The number of nitrogens with zero attached hydrogens (tertiary/aromatic N) is 4. The Morgan fingerprint density at radius 2 is 2.00 bits per heavy atom. The first-order valence-corrected chi connectivity index (χ1v) is 5.18. The normalized spacial score (nSPS) is 10.7. The Balaban J connectivity index is 2.40. The lowest BCUT2D eigenvalue weighted by Gasteiger charge is -2.09. The molecule has 1 aromatic heterocycles. The highest BCUT2D eigenvalue weighted by Crippen LogP contribution is 2.18. The maximum absolute atomic E-state index is 5.71. The van der Waals surface area contributed by atoms with E-state index in [2.05, 4.69) is 20.1 Å². The Kier molecular flexibility index (Phi) is 5.01. The molecule has 0 aliphatic carbocycles. The van der Waals surface area contributed by atoms with Gasteiger partial charge in [0.05, 0.1) is 6.61 Å². The molecule has 0 atom stereocenters. The molecule has 1 rings (SSSR count). The summed E-state index contributed by atoms with van der Waals surface area (Å²) < 4.78 is 5.31. The zero-order valence-corrected chi connectivity index (χ0v) is 10.1. The standard InChI is InChI=1S/C8H12Cl2N4O/c1-14(2)4-3-5-15-7-6(9)12-13-8(10)11-7/h3-5H2,1-2H3. The molecule has 15 heavy (non-hydrogen) atoms. The second-order valence-corrected chi connectivity index (χ2v) is 3.88. The minimum absolute atomic E-state index is 0.0296. The van der Waals surface area contributed by atoms with Gasteiger partial charge in [-0.1, -0.05) is 11.6 Å². The second-order valence-electron chi connectivity index (χ2n) is 3.18. The summed E-state index contributed by atoms with van der Waals surface area (Å²) in [5.41, 5.74) is 0. The quantitative estimate of drug-likeness (QED) is 0.742. The molecular formula is C8H12Cl2N4O. The molecule has 0 aliphatic heterocycles. The molecule has 0 aromatic carbocycles. The molecule has 0 radical (unpaired) electrons. The number of hydrogen-bond donors (Lipinski definition) is 0. The second kappa shape index (κ2) is 6.05. The van der Waals surface area contributed by atoms with Crippen LogP contribution in [0.3, 0.4) is 0 Å². The van der Waals surface area contributed by atoms with Crippen molar-refractivity contribution in [1.82, 2.24) is 20.1 Å². The maximum Gasteiger partial charge on any atom is 0.256 e. The molecule has 0 aliphatic rings. The Labute approximate surface area is 98.4 Å². The predicted molar refractivity (Wildman–Crippen MR) is 58.5 cm³/mol. The molecule has 0 spiro atoms. The number of hydrogen-bond acceptors (Lipinski definition) is 5. The lowest BCUT2D eigenvalue weighted by molar-refractivity contribution is 0.271. The third-order valence-corrected chi connectivity index (χ3v) is 1.98. The summed E-state index contributed by atoms with van der Waals surface area (Å²) in [4.78, 5) is 5.88. The van der Waals surface area contributed by atoms with Gasteiger partial charge in [0.25, 0.3) is 5.88 Å². The van der Waals surface area contributed by atoms with Crippen LogP contribution in [0.2, 0.25) is 10.4 Å². The van der Waals surface area contributed by atoms with Gasteiger partial charge >= 0.3 is 0 Å². The van der Waals surface area contributed by atoms with Crippen LogP contribution in [0, 0.1) is 0 Å². The van der Waals surface area contributed by atoms with Crippen LogP contribution in [0.1, 0.15) is 6.42 Å². The van der Waals surface area contributed by atoms with Gasteiger partial charge in [-0.25, -0.2) is 0 Å². The molecule has 84 valence electrons. The summed E-state index contributed by atoms with van der Waals surface area (Å²) in [7, 11) is 3.99.